The van der Waals surface area contributed by atoms with E-state index in [0.29, 0.717) is 0 Å². The van der Waals surface area contributed by atoms with Gasteiger partial charge in [0.25, 0.3) is 0 Å². The Balaban J connectivity index is 2.85. The Bertz CT molecular complexity index is 357. The average Bonchev–Trinajstić information content (AvgIpc) is 2.23. The predicted octanol–water partition coefficient (Wildman–Crippen LogP) is 2.84. The molecule has 0 spiro atoms. The molecule has 1 rings (SSSR count). The molecule has 0 amide bonds. The molecule has 0 fully saturated rings. The molecule has 1 unspecified atom stereocenters. The third kappa shape index (κ3) is 3.52. The molecular formula is C12H19IN2O. The van der Waals surface area contributed by atoms with Gasteiger partial charge in [0.05, 0.1) is 11.4 Å². The summed E-state index contributed by atoms with van der Waals surface area (Å²) in [5.74, 6) is 0. The van der Waals surface area contributed by atoms with Gasteiger partial charge in [0.2, 0.25) is 0 Å². The van der Waals surface area contributed by atoms with Crippen molar-refractivity contribution in [3.63, 3.8) is 0 Å². The minimum Gasteiger partial charge on any atom is -0.397 e. The lowest BCUT2D eigenvalue weighted by Gasteiger charge is -2.31. The minimum absolute atomic E-state index is 0.102. The van der Waals surface area contributed by atoms with Crippen molar-refractivity contribution in [1.82, 2.24) is 0 Å². The first-order valence-electron chi connectivity index (χ1n) is 5.45. The number of hydrogen-bond acceptors (Lipinski definition) is 3. The SMILES string of the molecule is CCC(C)(CCO)Nc1ccc(I)cc1N. The lowest BCUT2D eigenvalue weighted by atomic mass is 9.94. The predicted molar refractivity (Wildman–Crippen MR) is 77.6 cm³/mol. The van der Waals surface area contributed by atoms with Gasteiger partial charge in [0, 0.05) is 15.7 Å². The van der Waals surface area contributed by atoms with Crippen LogP contribution in [0.3, 0.4) is 0 Å². The van der Waals surface area contributed by atoms with Crippen molar-refractivity contribution in [1.29, 1.82) is 0 Å². The average molecular weight is 334 g/mol. The van der Waals surface area contributed by atoms with Gasteiger partial charge in [-0.15, -0.1) is 0 Å². The second-order valence-corrected chi connectivity index (χ2v) is 5.49. The summed E-state index contributed by atoms with van der Waals surface area (Å²) in [6.45, 7) is 4.38. The molecule has 0 saturated carbocycles. The van der Waals surface area contributed by atoms with E-state index in [9.17, 15) is 0 Å². The highest BCUT2D eigenvalue weighted by Gasteiger charge is 2.21. The van der Waals surface area contributed by atoms with Crippen molar-refractivity contribution >= 4 is 34.0 Å². The number of nitrogens with one attached hydrogen (secondary N) is 1. The van der Waals surface area contributed by atoms with Gasteiger partial charge in [-0.3, -0.25) is 0 Å². The summed E-state index contributed by atoms with van der Waals surface area (Å²) < 4.78 is 1.13. The molecule has 0 radical (unpaired) electrons. The van der Waals surface area contributed by atoms with E-state index < -0.39 is 0 Å². The van der Waals surface area contributed by atoms with Gasteiger partial charge < -0.3 is 16.2 Å². The zero-order valence-corrected chi connectivity index (χ0v) is 11.9. The maximum atomic E-state index is 9.05. The third-order valence-electron chi connectivity index (χ3n) is 2.89. The lowest BCUT2D eigenvalue weighted by molar-refractivity contribution is 0.252. The summed E-state index contributed by atoms with van der Waals surface area (Å²) in [5.41, 5.74) is 7.55. The van der Waals surface area contributed by atoms with Gasteiger partial charge in [-0.05, 0) is 60.6 Å². The van der Waals surface area contributed by atoms with Crippen molar-refractivity contribution in [2.45, 2.75) is 32.2 Å². The van der Waals surface area contributed by atoms with Gasteiger partial charge in [0.1, 0.15) is 0 Å². The molecule has 4 N–H and O–H groups in total. The smallest absolute Gasteiger partial charge is 0.0578 e. The summed E-state index contributed by atoms with van der Waals surface area (Å²) in [7, 11) is 0. The van der Waals surface area contributed by atoms with Crippen molar-refractivity contribution in [2.75, 3.05) is 17.7 Å². The van der Waals surface area contributed by atoms with Crippen molar-refractivity contribution in [3.05, 3.63) is 21.8 Å². The number of nitrogen functional groups attached to an aromatic ring is 1. The van der Waals surface area contributed by atoms with Crippen LogP contribution in [-0.2, 0) is 0 Å². The fraction of sp³-hybridized carbons (Fsp3) is 0.500. The molecule has 4 heteroatoms. The highest BCUT2D eigenvalue weighted by molar-refractivity contribution is 14.1. The molecule has 0 aliphatic carbocycles. The van der Waals surface area contributed by atoms with Crippen molar-refractivity contribution in [2.24, 2.45) is 0 Å². The number of nitrogens with two attached hydrogens (primary N) is 1. The van der Waals surface area contributed by atoms with Gasteiger partial charge in [-0.1, -0.05) is 6.92 Å². The first-order chi connectivity index (χ1) is 7.50. The summed E-state index contributed by atoms with van der Waals surface area (Å²) in [6.07, 6.45) is 1.66. The number of aliphatic hydroxyl groups is 1. The number of hydrogen-bond donors (Lipinski definition) is 3. The molecule has 90 valence electrons. The molecule has 1 aromatic carbocycles. The Morgan fingerprint density at radius 2 is 2.19 bits per heavy atom. The molecule has 1 atom stereocenters. The van der Waals surface area contributed by atoms with Crippen LogP contribution in [0, 0.1) is 3.57 Å². The number of aliphatic hydroxyl groups excluding tert-OH is 1. The number of rotatable bonds is 5. The van der Waals surface area contributed by atoms with Gasteiger partial charge in [-0.25, -0.2) is 0 Å². The number of halogens is 1. The van der Waals surface area contributed by atoms with Gasteiger partial charge in [0.15, 0.2) is 0 Å². The van der Waals surface area contributed by atoms with Crippen molar-refractivity contribution in [3.8, 4) is 0 Å². The topological polar surface area (TPSA) is 58.3 Å². The summed E-state index contributed by atoms with van der Waals surface area (Å²) in [4.78, 5) is 0. The Kier molecular flexibility index (Phi) is 4.86. The molecule has 1 aromatic rings. The second-order valence-electron chi connectivity index (χ2n) is 4.24. The van der Waals surface area contributed by atoms with Crippen LogP contribution in [0.4, 0.5) is 11.4 Å². The first kappa shape index (κ1) is 13.6. The molecule has 0 aliphatic heterocycles. The second kappa shape index (κ2) is 5.72. The van der Waals surface area contributed by atoms with E-state index in [4.69, 9.17) is 10.8 Å². The zero-order valence-electron chi connectivity index (χ0n) is 9.76. The molecule has 0 aliphatic rings. The molecule has 0 aromatic heterocycles. The first-order valence-corrected chi connectivity index (χ1v) is 6.52. The monoisotopic (exact) mass is 334 g/mol. The Morgan fingerprint density at radius 1 is 1.50 bits per heavy atom. The molecule has 0 saturated heterocycles. The Hall–Kier alpha value is -0.490. The van der Waals surface area contributed by atoms with Crippen LogP contribution < -0.4 is 11.1 Å². The van der Waals surface area contributed by atoms with Gasteiger partial charge in [-0.2, -0.15) is 0 Å². The van der Waals surface area contributed by atoms with Crippen LogP contribution in [0.5, 0.6) is 0 Å². The van der Waals surface area contributed by atoms with E-state index in [2.05, 4.69) is 41.8 Å². The van der Waals surface area contributed by atoms with E-state index in [1.165, 1.54) is 0 Å². The Morgan fingerprint density at radius 3 is 2.69 bits per heavy atom. The Labute approximate surface area is 111 Å². The summed E-state index contributed by atoms with van der Waals surface area (Å²) >= 11 is 2.24. The van der Waals surface area contributed by atoms with E-state index in [-0.39, 0.29) is 12.1 Å². The number of benzene rings is 1. The van der Waals surface area contributed by atoms with Crippen LogP contribution in [0.2, 0.25) is 0 Å². The fourth-order valence-corrected chi connectivity index (χ4v) is 2.06. The van der Waals surface area contributed by atoms with Crippen LogP contribution in [0.1, 0.15) is 26.7 Å². The maximum absolute atomic E-state index is 9.05. The third-order valence-corrected chi connectivity index (χ3v) is 3.56. The van der Waals surface area contributed by atoms with Crippen LogP contribution in [0.15, 0.2) is 18.2 Å². The highest BCUT2D eigenvalue weighted by atomic mass is 127. The maximum Gasteiger partial charge on any atom is 0.0578 e. The fourth-order valence-electron chi connectivity index (χ4n) is 1.55. The molecular weight excluding hydrogens is 315 g/mol. The molecule has 0 heterocycles. The van der Waals surface area contributed by atoms with Crippen molar-refractivity contribution < 1.29 is 5.11 Å². The van der Waals surface area contributed by atoms with Crippen LogP contribution >= 0.6 is 22.6 Å². The largest absolute Gasteiger partial charge is 0.397 e. The van der Waals surface area contributed by atoms with Crippen LogP contribution in [0.25, 0.3) is 0 Å². The number of anilines is 2. The van der Waals surface area contributed by atoms with E-state index in [0.717, 1.165) is 27.8 Å². The summed E-state index contributed by atoms with van der Waals surface area (Å²) in [6, 6.07) is 5.95. The van der Waals surface area contributed by atoms with Crippen LogP contribution in [-0.4, -0.2) is 17.3 Å². The molecule has 0 bridgehead atoms. The molecule has 3 nitrogen and oxygen atoms in total. The van der Waals surface area contributed by atoms with E-state index in [1.54, 1.807) is 0 Å². The zero-order chi connectivity index (χ0) is 12.2. The molecule has 16 heavy (non-hydrogen) atoms. The van der Waals surface area contributed by atoms with E-state index in [1.807, 2.05) is 18.2 Å². The standard InChI is InChI=1S/C12H19IN2O/c1-3-12(2,6-7-16)15-11-5-4-9(13)8-10(11)14/h4-5,8,15-16H,3,6-7,14H2,1-2H3. The summed E-state index contributed by atoms with van der Waals surface area (Å²) in [5, 5.41) is 12.5. The minimum atomic E-state index is -0.102. The lowest BCUT2D eigenvalue weighted by Crippen LogP contribution is -2.35. The normalized spacial score (nSPS) is 14.5. The quantitative estimate of drug-likeness (QED) is 0.573. The highest BCUT2D eigenvalue weighted by Crippen LogP contribution is 2.27. The van der Waals surface area contributed by atoms with Gasteiger partial charge >= 0.3 is 0 Å². The van der Waals surface area contributed by atoms with E-state index >= 15 is 0 Å².